The van der Waals surface area contributed by atoms with E-state index in [-0.39, 0.29) is 0 Å². The van der Waals surface area contributed by atoms with E-state index in [2.05, 4.69) is 4.40 Å². The number of sulfonamides is 1. The second-order valence-electron chi connectivity index (χ2n) is 2.66. The van der Waals surface area contributed by atoms with Crippen LogP contribution in [0.2, 0.25) is 0 Å². The Morgan fingerprint density at radius 1 is 1.06 bits per heavy atom. The minimum Gasteiger partial charge on any atom is -0.479 e. The maximum absolute atomic E-state index is 10.1. The smallest absolute Gasteiger partial charge is 0.335 e. The molecule has 2 unspecified atom stereocenters. The quantitative estimate of drug-likeness (QED) is 0.447. The van der Waals surface area contributed by atoms with Crippen LogP contribution in [0.25, 0.3) is 0 Å². The molecule has 96 valence electrons. The second-order valence-corrected chi connectivity index (χ2v) is 4.18. The highest BCUT2D eigenvalue weighted by atomic mass is 32.2. The van der Waals surface area contributed by atoms with Crippen LogP contribution < -0.4 is 0 Å². The van der Waals surface area contributed by atoms with E-state index in [9.17, 15) is 18.0 Å². The lowest BCUT2D eigenvalue weighted by atomic mass is 10.2. The van der Waals surface area contributed by atoms with E-state index in [1.807, 2.05) is 0 Å². The van der Waals surface area contributed by atoms with E-state index in [4.69, 9.17) is 20.4 Å². The summed E-state index contributed by atoms with van der Waals surface area (Å²) in [6, 6.07) is 0. The summed E-state index contributed by atoms with van der Waals surface area (Å²) in [5.41, 5.74) is 0. The fraction of sp³-hybridized carbons (Fsp3) is 0.286. The average molecular weight is 267 g/mol. The van der Waals surface area contributed by atoms with Gasteiger partial charge in [0.2, 0.25) is 0 Å². The van der Waals surface area contributed by atoms with Gasteiger partial charge in [0, 0.05) is 6.21 Å². The lowest BCUT2D eigenvalue weighted by Gasteiger charge is -2.07. The van der Waals surface area contributed by atoms with Gasteiger partial charge in [0.15, 0.2) is 12.2 Å². The maximum atomic E-state index is 10.1. The van der Waals surface area contributed by atoms with Crippen LogP contribution in [0.4, 0.5) is 0 Å². The van der Waals surface area contributed by atoms with E-state index < -0.39 is 34.2 Å². The number of aliphatic hydroxyl groups excluding tert-OH is 2. The molecular weight excluding hydrogens is 258 g/mol. The van der Waals surface area contributed by atoms with Gasteiger partial charge in [0.05, 0.1) is 5.41 Å². The fourth-order valence-electron chi connectivity index (χ4n) is 0.560. The van der Waals surface area contributed by atoms with Gasteiger partial charge in [-0.1, -0.05) is 0 Å². The Labute approximate surface area is 95.4 Å². The molecule has 9 nitrogen and oxygen atoms in total. The highest BCUT2D eigenvalue weighted by molar-refractivity contribution is 7.93. The normalized spacial score (nSPS) is 18.9. The van der Waals surface area contributed by atoms with Crippen LogP contribution >= 0.6 is 0 Å². The minimum atomic E-state index is -3.16. The first kappa shape index (κ1) is 15.2. The van der Waals surface area contributed by atoms with Gasteiger partial charge in [-0.25, -0.2) is 9.59 Å². The number of carboxylic acid groups (broad SMARTS) is 2. The molecule has 1 heterocycles. The summed E-state index contributed by atoms with van der Waals surface area (Å²) >= 11 is 0. The molecule has 4 N–H and O–H groups in total. The topological polar surface area (TPSA) is 162 Å². The highest BCUT2D eigenvalue weighted by Gasteiger charge is 2.29. The van der Waals surface area contributed by atoms with Crippen LogP contribution in [-0.2, 0) is 19.6 Å². The Kier molecular flexibility index (Phi) is 5.44. The van der Waals surface area contributed by atoms with Gasteiger partial charge in [-0.15, -0.1) is 0 Å². The van der Waals surface area contributed by atoms with Gasteiger partial charge >= 0.3 is 11.9 Å². The molecule has 0 bridgehead atoms. The van der Waals surface area contributed by atoms with Crippen molar-refractivity contribution in [1.82, 2.24) is 0 Å². The van der Waals surface area contributed by atoms with Gasteiger partial charge in [-0.2, -0.15) is 12.8 Å². The zero-order chi connectivity index (χ0) is 13.6. The molecule has 0 amide bonds. The monoisotopic (exact) mass is 267 g/mol. The molecule has 1 rings (SSSR count). The SMILES string of the molecule is O=C(O)C(O)C(O)C(=O)O.O=S1(=O)C=CC=N1. The Balaban J connectivity index is 0.000000318. The van der Waals surface area contributed by atoms with Crippen LogP contribution in [0.1, 0.15) is 0 Å². The third-order valence-electron chi connectivity index (χ3n) is 1.35. The van der Waals surface area contributed by atoms with Gasteiger partial charge < -0.3 is 20.4 Å². The molecule has 2 atom stereocenters. The molecule has 0 spiro atoms. The second kappa shape index (κ2) is 6.08. The highest BCUT2D eigenvalue weighted by Crippen LogP contribution is 1.97. The third kappa shape index (κ3) is 5.75. The summed E-state index contributed by atoms with van der Waals surface area (Å²) in [5, 5.41) is 33.6. The largest absolute Gasteiger partial charge is 0.479 e. The summed E-state index contributed by atoms with van der Waals surface area (Å²) in [6.45, 7) is 0. The number of carbonyl (C=O) groups is 2. The molecule has 0 saturated heterocycles. The predicted molar refractivity (Wildman–Crippen MR) is 53.8 cm³/mol. The van der Waals surface area contributed by atoms with E-state index in [1.54, 1.807) is 0 Å². The zero-order valence-corrected chi connectivity index (χ0v) is 8.98. The minimum absolute atomic E-state index is 1.05. The Bertz CT molecular complexity index is 414. The lowest BCUT2D eigenvalue weighted by molar-refractivity contribution is -0.165. The average Bonchev–Trinajstić information content (AvgIpc) is 2.61. The Hall–Kier alpha value is -1.78. The molecule has 0 aliphatic carbocycles. The molecular formula is C7H9NO8S. The van der Waals surface area contributed by atoms with Crippen molar-refractivity contribution < 1.29 is 38.4 Å². The van der Waals surface area contributed by atoms with E-state index in [0.717, 1.165) is 5.41 Å². The number of allylic oxidation sites excluding steroid dienone is 1. The van der Waals surface area contributed by atoms with Gasteiger partial charge in [0.25, 0.3) is 10.0 Å². The van der Waals surface area contributed by atoms with Crippen LogP contribution in [0.15, 0.2) is 15.9 Å². The molecule has 0 fully saturated rings. The summed E-state index contributed by atoms with van der Waals surface area (Å²) in [5.74, 6) is -3.54. The van der Waals surface area contributed by atoms with Crippen LogP contribution in [-0.4, -0.2) is 59.2 Å². The fourth-order valence-corrected chi connectivity index (χ4v) is 1.14. The van der Waals surface area contributed by atoms with Crippen molar-refractivity contribution in [3.8, 4) is 0 Å². The summed E-state index contributed by atoms with van der Waals surface area (Å²) < 4.78 is 23.4. The molecule has 1 aliphatic heterocycles. The summed E-state index contributed by atoms with van der Waals surface area (Å²) in [4.78, 5) is 19.5. The Morgan fingerprint density at radius 2 is 1.47 bits per heavy atom. The van der Waals surface area contributed by atoms with Crippen molar-refractivity contribution in [2.75, 3.05) is 0 Å². The first-order valence-electron chi connectivity index (χ1n) is 3.96. The van der Waals surface area contributed by atoms with Crippen molar-refractivity contribution in [2.45, 2.75) is 12.2 Å². The number of aliphatic carboxylic acids is 2. The first-order valence-corrected chi connectivity index (χ1v) is 5.46. The number of hydrogen-bond donors (Lipinski definition) is 4. The predicted octanol–water partition coefficient (Wildman–Crippen LogP) is -2.21. The first-order chi connectivity index (χ1) is 7.67. The Morgan fingerprint density at radius 3 is 1.59 bits per heavy atom. The molecule has 0 saturated carbocycles. The number of aliphatic hydroxyl groups is 2. The van der Waals surface area contributed by atoms with Crippen molar-refractivity contribution in [3.63, 3.8) is 0 Å². The zero-order valence-electron chi connectivity index (χ0n) is 8.16. The number of hydrogen-bond acceptors (Lipinski definition) is 6. The van der Waals surface area contributed by atoms with Crippen molar-refractivity contribution in [2.24, 2.45) is 4.40 Å². The molecule has 1 aliphatic rings. The van der Waals surface area contributed by atoms with Crippen molar-refractivity contribution >= 4 is 28.2 Å². The van der Waals surface area contributed by atoms with E-state index >= 15 is 0 Å². The molecule has 0 aromatic carbocycles. The van der Waals surface area contributed by atoms with Crippen LogP contribution in [0, 0.1) is 0 Å². The molecule has 10 heteroatoms. The van der Waals surface area contributed by atoms with Gasteiger partial charge in [-0.05, 0) is 6.08 Å². The lowest BCUT2D eigenvalue weighted by Crippen LogP contribution is -2.39. The van der Waals surface area contributed by atoms with Gasteiger partial charge in [0.1, 0.15) is 0 Å². The van der Waals surface area contributed by atoms with E-state index in [0.29, 0.717) is 0 Å². The maximum Gasteiger partial charge on any atom is 0.335 e. The van der Waals surface area contributed by atoms with Crippen molar-refractivity contribution in [1.29, 1.82) is 0 Å². The summed E-state index contributed by atoms with van der Waals surface area (Å²) in [7, 11) is -3.16. The summed E-state index contributed by atoms with van der Waals surface area (Å²) in [6.07, 6.45) is -1.90. The molecule has 17 heavy (non-hydrogen) atoms. The molecule has 0 radical (unpaired) electrons. The van der Waals surface area contributed by atoms with Crippen LogP contribution in [0.3, 0.4) is 0 Å². The number of carboxylic acids is 2. The third-order valence-corrected chi connectivity index (χ3v) is 2.27. The number of rotatable bonds is 3. The standard InChI is InChI=1S/C4H6O6.C3H3NO2S/c5-1(3(7)8)2(6)4(9)10;5-7(6)3-1-2-4-7/h1-2,5-6H,(H,7,8)(H,9,10);1-3H. The number of nitrogens with zero attached hydrogens (tertiary/aromatic N) is 1. The molecule has 0 aromatic rings. The van der Waals surface area contributed by atoms with Crippen LogP contribution in [0.5, 0.6) is 0 Å². The van der Waals surface area contributed by atoms with Crippen molar-refractivity contribution in [3.05, 3.63) is 11.5 Å². The molecule has 0 aromatic heterocycles. The van der Waals surface area contributed by atoms with E-state index in [1.165, 1.54) is 12.3 Å². The van der Waals surface area contributed by atoms with Gasteiger partial charge in [-0.3, -0.25) is 0 Å².